The van der Waals surface area contributed by atoms with Gasteiger partial charge in [-0.1, -0.05) is 23.8 Å². The van der Waals surface area contributed by atoms with Crippen LogP contribution in [0.2, 0.25) is 0 Å². The first-order valence-corrected chi connectivity index (χ1v) is 13.1. The van der Waals surface area contributed by atoms with E-state index in [1.54, 1.807) is 33.8 Å². The van der Waals surface area contributed by atoms with E-state index in [2.05, 4.69) is 19.1 Å². The van der Waals surface area contributed by atoms with E-state index >= 15 is 0 Å². The summed E-state index contributed by atoms with van der Waals surface area (Å²) in [6.45, 7) is 14.8. The van der Waals surface area contributed by atoms with Crippen LogP contribution in [0.1, 0.15) is 76.1 Å². The summed E-state index contributed by atoms with van der Waals surface area (Å²) in [6.07, 6.45) is 1.71. The Bertz CT molecular complexity index is 1180. The van der Waals surface area contributed by atoms with Crippen molar-refractivity contribution in [1.29, 1.82) is 0 Å². The minimum absolute atomic E-state index is 0.00274. The van der Waals surface area contributed by atoms with Gasteiger partial charge in [0.05, 0.1) is 24.0 Å². The maximum absolute atomic E-state index is 14.0. The van der Waals surface area contributed by atoms with Gasteiger partial charge in [-0.25, -0.2) is 4.39 Å². The molecule has 1 aliphatic heterocycles. The van der Waals surface area contributed by atoms with E-state index in [-0.39, 0.29) is 12.2 Å². The predicted octanol–water partition coefficient (Wildman–Crippen LogP) is 6.74. The second-order valence-electron chi connectivity index (χ2n) is 11.8. The lowest BCUT2D eigenvalue weighted by molar-refractivity contribution is -0.312. The fourth-order valence-electron chi connectivity index (χ4n) is 4.90. The number of hydrogen-bond donors (Lipinski definition) is 0. The van der Waals surface area contributed by atoms with Gasteiger partial charge < -0.3 is 18.9 Å². The molecule has 2 aromatic rings. The average Bonchev–Trinajstić information content (AvgIpc) is 2.78. The summed E-state index contributed by atoms with van der Waals surface area (Å²) in [5.74, 6) is -2.04. The Morgan fingerprint density at radius 1 is 1.03 bits per heavy atom. The van der Waals surface area contributed by atoms with E-state index in [0.717, 1.165) is 27.8 Å². The van der Waals surface area contributed by atoms with Crippen molar-refractivity contribution < 1.29 is 32.9 Å². The van der Waals surface area contributed by atoms with E-state index in [1.165, 1.54) is 6.07 Å². The highest BCUT2D eigenvalue weighted by Crippen LogP contribution is 2.39. The smallest absolute Gasteiger partial charge is 0.314 e. The topological polar surface area (TPSA) is 71.1 Å². The summed E-state index contributed by atoms with van der Waals surface area (Å²) in [5.41, 5.74) is 4.45. The molecule has 1 atom stereocenters. The second-order valence-corrected chi connectivity index (χ2v) is 11.8. The van der Waals surface area contributed by atoms with E-state index in [9.17, 15) is 14.0 Å². The molecule has 3 rings (SSSR count). The van der Waals surface area contributed by atoms with Crippen molar-refractivity contribution in [3.8, 4) is 11.1 Å². The standard InChI is InChI=1S/C31H41FO6/c1-20-15-21(2)24(25(16-20)23-9-10-26(32)22(3)17-23)11-12-31(13-14-37-30(7,8)38-31)18-27(33)35-19-36-28(34)29(4,5)6/h9-10,15-17H,11-14,18-19H2,1-8H3/t31-/m1/s1. The summed E-state index contributed by atoms with van der Waals surface area (Å²) in [5, 5.41) is 0. The van der Waals surface area contributed by atoms with Crippen LogP contribution in [0.3, 0.4) is 0 Å². The number of ether oxygens (including phenoxy) is 4. The van der Waals surface area contributed by atoms with Crippen LogP contribution in [-0.4, -0.2) is 36.7 Å². The zero-order chi connectivity index (χ0) is 28.3. The third-order valence-electron chi connectivity index (χ3n) is 6.88. The van der Waals surface area contributed by atoms with E-state index in [0.29, 0.717) is 31.4 Å². The first-order chi connectivity index (χ1) is 17.6. The summed E-state index contributed by atoms with van der Waals surface area (Å²) < 4.78 is 36.6. The molecule has 7 heteroatoms. The highest BCUT2D eigenvalue weighted by atomic mass is 19.1. The second kappa shape index (κ2) is 11.5. The number of aryl methyl sites for hydroxylation is 3. The molecule has 0 bridgehead atoms. The molecular weight excluding hydrogens is 487 g/mol. The molecule has 0 aliphatic carbocycles. The van der Waals surface area contributed by atoms with Gasteiger partial charge in [0.15, 0.2) is 5.79 Å². The molecule has 1 fully saturated rings. The molecule has 0 aromatic heterocycles. The molecule has 208 valence electrons. The minimum atomic E-state index is -0.865. The van der Waals surface area contributed by atoms with Crippen LogP contribution >= 0.6 is 0 Å². The highest BCUT2D eigenvalue weighted by Gasteiger charge is 2.43. The molecule has 38 heavy (non-hydrogen) atoms. The Kier molecular flexibility index (Phi) is 9.04. The van der Waals surface area contributed by atoms with Crippen LogP contribution in [0.25, 0.3) is 11.1 Å². The summed E-state index contributed by atoms with van der Waals surface area (Å²) in [4.78, 5) is 24.9. The molecular formula is C31H41FO6. The normalized spacial score (nSPS) is 19.2. The van der Waals surface area contributed by atoms with E-state index in [1.807, 2.05) is 26.8 Å². The van der Waals surface area contributed by atoms with Crippen molar-refractivity contribution >= 4 is 11.9 Å². The number of esters is 2. The van der Waals surface area contributed by atoms with Crippen molar-refractivity contribution in [2.45, 2.75) is 92.5 Å². The zero-order valence-electron chi connectivity index (χ0n) is 24.0. The molecule has 0 spiro atoms. The van der Waals surface area contributed by atoms with Crippen molar-refractivity contribution in [1.82, 2.24) is 0 Å². The van der Waals surface area contributed by atoms with Gasteiger partial charge in [-0.2, -0.15) is 0 Å². The summed E-state index contributed by atoms with van der Waals surface area (Å²) in [7, 11) is 0. The largest absolute Gasteiger partial charge is 0.428 e. The number of hydrogen-bond acceptors (Lipinski definition) is 6. The van der Waals surface area contributed by atoms with Crippen LogP contribution in [0, 0.1) is 32.0 Å². The summed E-state index contributed by atoms with van der Waals surface area (Å²) in [6, 6.07) is 9.43. The SMILES string of the molecule is Cc1cc(C)c(CC[C@]2(CC(=O)OCOC(=O)C(C)(C)C)CCOC(C)(C)O2)c(-c2ccc(F)c(C)c2)c1. The van der Waals surface area contributed by atoms with Crippen LogP contribution in [0.15, 0.2) is 30.3 Å². The summed E-state index contributed by atoms with van der Waals surface area (Å²) >= 11 is 0. The monoisotopic (exact) mass is 528 g/mol. The Morgan fingerprint density at radius 2 is 1.74 bits per heavy atom. The Balaban J connectivity index is 1.83. The lowest BCUT2D eigenvalue weighted by Gasteiger charge is -2.45. The first-order valence-electron chi connectivity index (χ1n) is 13.1. The Labute approximate surface area is 225 Å². The maximum atomic E-state index is 14.0. The number of halogens is 1. The van der Waals surface area contributed by atoms with Crippen LogP contribution in [-0.2, 0) is 35.0 Å². The average molecular weight is 529 g/mol. The molecule has 1 heterocycles. The Morgan fingerprint density at radius 3 is 2.37 bits per heavy atom. The molecule has 1 aliphatic rings. The van der Waals surface area contributed by atoms with Gasteiger partial charge in [0.25, 0.3) is 0 Å². The van der Waals surface area contributed by atoms with Crippen molar-refractivity contribution in [3.05, 3.63) is 58.4 Å². The third-order valence-corrected chi connectivity index (χ3v) is 6.88. The predicted molar refractivity (Wildman–Crippen MR) is 144 cm³/mol. The lowest BCUT2D eigenvalue weighted by atomic mass is 9.83. The highest BCUT2D eigenvalue weighted by molar-refractivity contribution is 5.76. The van der Waals surface area contributed by atoms with Gasteiger partial charge in [0, 0.05) is 6.42 Å². The van der Waals surface area contributed by atoms with Crippen LogP contribution in [0.5, 0.6) is 0 Å². The fraction of sp³-hybridized carbons (Fsp3) is 0.548. The van der Waals surface area contributed by atoms with E-state index in [4.69, 9.17) is 18.9 Å². The first kappa shape index (κ1) is 29.8. The minimum Gasteiger partial charge on any atom is -0.428 e. The van der Waals surface area contributed by atoms with Crippen molar-refractivity contribution in [2.75, 3.05) is 13.4 Å². The third kappa shape index (κ3) is 7.64. The van der Waals surface area contributed by atoms with Crippen molar-refractivity contribution in [2.24, 2.45) is 5.41 Å². The van der Waals surface area contributed by atoms with Gasteiger partial charge in [-0.05, 0) is 108 Å². The lowest BCUT2D eigenvalue weighted by Crippen LogP contribution is -2.50. The molecule has 0 saturated carbocycles. The number of rotatable bonds is 8. The molecule has 0 unspecified atom stereocenters. The van der Waals surface area contributed by atoms with Crippen molar-refractivity contribution in [3.63, 3.8) is 0 Å². The van der Waals surface area contributed by atoms with E-state index < -0.39 is 35.5 Å². The molecule has 1 saturated heterocycles. The molecule has 2 aromatic carbocycles. The van der Waals surface area contributed by atoms with Crippen LogP contribution in [0.4, 0.5) is 4.39 Å². The maximum Gasteiger partial charge on any atom is 0.314 e. The zero-order valence-corrected chi connectivity index (χ0v) is 24.0. The van der Waals surface area contributed by atoms with Gasteiger partial charge in [-0.3, -0.25) is 9.59 Å². The molecule has 6 nitrogen and oxygen atoms in total. The molecule has 0 amide bonds. The number of carbonyl (C=O) groups excluding carboxylic acids is 2. The quantitative estimate of drug-likeness (QED) is 0.279. The van der Waals surface area contributed by atoms with Gasteiger partial charge in [0.1, 0.15) is 5.82 Å². The molecule has 0 radical (unpaired) electrons. The fourth-order valence-corrected chi connectivity index (χ4v) is 4.90. The van der Waals surface area contributed by atoms with Gasteiger partial charge in [0.2, 0.25) is 6.79 Å². The van der Waals surface area contributed by atoms with Gasteiger partial charge >= 0.3 is 11.9 Å². The number of benzene rings is 2. The Hall–Kier alpha value is -2.77. The van der Waals surface area contributed by atoms with Crippen LogP contribution < -0.4 is 0 Å². The van der Waals surface area contributed by atoms with Gasteiger partial charge in [-0.15, -0.1) is 0 Å². The number of carbonyl (C=O) groups is 2. The molecule has 0 N–H and O–H groups in total.